The van der Waals surface area contributed by atoms with Crippen LogP contribution in [0, 0.1) is 0 Å². The first-order valence-electron chi connectivity index (χ1n) is 6.81. The first-order valence-corrected chi connectivity index (χ1v) is 8.39. The highest BCUT2D eigenvalue weighted by molar-refractivity contribution is 7.86. The fourth-order valence-electron chi connectivity index (χ4n) is 2.87. The van der Waals surface area contributed by atoms with Crippen LogP contribution >= 0.6 is 0 Å². The van der Waals surface area contributed by atoms with Gasteiger partial charge in [-0.05, 0) is 13.3 Å². The SMILES string of the molecule is C=C(C)C(=O)OCS(=O)(=O)On1c(O)c2c(c1O)C1C=CC2C1. The van der Waals surface area contributed by atoms with Crippen LogP contribution in [0.2, 0.25) is 0 Å². The zero-order chi connectivity index (χ0) is 16.9. The number of rotatable bonds is 5. The van der Waals surface area contributed by atoms with E-state index in [2.05, 4.69) is 15.6 Å². The maximum Gasteiger partial charge on any atom is 0.363 e. The van der Waals surface area contributed by atoms with Crippen molar-refractivity contribution in [3.05, 3.63) is 35.4 Å². The number of ether oxygens (including phenoxy) is 1. The first-order chi connectivity index (χ1) is 10.7. The van der Waals surface area contributed by atoms with Crippen molar-refractivity contribution in [2.45, 2.75) is 25.2 Å². The third-order valence-electron chi connectivity index (χ3n) is 3.85. The number of esters is 1. The Morgan fingerprint density at radius 1 is 1.30 bits per heavy atom. The third-order valence-corrected chi connectivity index (χ3v) is 4.64. The van der Waals surface area contributed by atoms with Crippen LogP contribution in [-0.2, 0) is 19.6 Å². The smallest absolute Gasteiger partial charge is 0.363 e. The second kappa shape index (κ2) is 5.05. The number of carbonyl (C=O) groups is 1. The molecule has 124 valence electrons. The fourth-order valence-corrected chi connectivity index (χ4v) is 3.54. The Bertz CT molecular complexity index is 798. The molecule has 2 unspecified atom stereocenters. The van der Waals surface area contributed by atoms with Crippen LogP contribution in [0.15, 0.2) is 24.3 Å². The van der Waals surface area contributed by atoms with E-state index in [1.54, 1.807) is 0 Å². The first kappa shape index (κ1) is 15.5. The van der Waals surface area contributed by atoms with E-state index in [0.29, 0.717) is 15.9 Å². The van der Waals surface area contributed by atoms with Crippen LogP contribution in [0.1, 0.15) is 36.3 Å². The molecule has 2 bridgehead atoms. The normalized spacial score (nSPS) is 21.3. The van der Waals surface area contributed by atoms with Gasteiger partial charge in [0.2, 0.25) is 17.7 Å². The zero-order valence-electron chi connectivity index (χ0n) is 12.2. The Labute approximate surface area is 132 Å². The van der Waals surface area contributed by atoms with E-state index < -0.39 is 33.8 Å². The van der Waals surface area contributed by atoms with Gasteiger partial charge in [-0.15, -0.1) is 0 Å². The summed E-state index contributed by atoms with van der Waals surface area (Å²) in [6, 6.07) is 0. The van der Waals surface area contributed by atoms with Gasteiger partial charge in [-0.2, -0.15) is 8.42 Å². The lowest BCUT2D eigenvalue weighted by molar-refractivity contribution is -0.137. The number of nitrogens with zero attached hydrogens (tertiary/aromatic N) is 1. The van der Waals surface area contributed by atoms with E-state index in [-0.39, 0.29) is 17.4 Å². The molecule has 2 atom stereocenters. The standard InChI is InChI=1S/C14H15NO7S/c1-7(2)14(18)21-6-23(19,20)22-15-12(16)10-8-3-4-9(5-8)11(10)13(15)17/h3-4,8-9,16-17H,1,5-6H2,2H3. The summed E-state index contributed by atoms with van der Waals surface area (Å²) < 4.78 is 33.3. The van der Waals surface area contributed by atoms with Gasteiger partial charge in [0, 0.05) is 28.5 Å². The molecule has 2 aliphatic rings. The molecule has 0 fully saturated rings. The molecule has 2 aliphatic carbocycles. The van der Waals surface area contributed by atoms with Crippen molar-refractivity contribution < 1.29 is 32.4 Å². The highest BCUT2D eigenvalue weighted by Gasteiger charge is 2.42. The molecule has 1 heterocycles. The van der Waals surface area contributed by atoms with E-state index in [1.807, 2.05) is 12.2 Å². The minimum atomic E-state index is -4.37. The Morgan fingerprint density at radius 3 is 2.30 bits per heavy atom. The number of aromatic hydroxyl groups is 2. The number of aromatic nitrogens is 1. The van der Waals surface area contributed by atoms with Gasteiger partial charge >= 0.3 is 16.1 Å². The van der Waals surface area contributed by atoms with Gasteiger partial charge in [0.1, 0.15) is 0 Å². The summed E-state index contributed by atoms with van der Waals surface area (Å²) >= 11 is 0. The summed E-state index contributed by atoms with van der Waals surface area (Å²) in [6.07, 6.45) is 4.51. The van der Waals surface area contributed by atoms with Gasteiger partial charge in [-0.25, -0.2) is 4.79 Å². The molecule has 0 saturated carbocycles. The van der Waals surface area contributed by atoms with Crippen LogP contribution in [0.4, 0.5) is 0 Å². The Balaban J connectivity index is 1.82. The Kier molecular flexibility index (Phi) is 3.40. The minimum Gasteiger partial charge on any atom is -0.492 e. The zero-order valence-corrected chi connectivity index (χ0v) is 13.0. The molecule has 9 heteroatoms. The number of hydrogen-bond acceptors (Lipinski definition) is 7. The van der Waals surface area contributed by atoms with Crippen molar-refractivity contribution in [3.63, 3.8) is 0 Å². The largest absolute Gasteiger partial charge is 0.492 e. The molecule has 1 aromatic rings. The minimum absolute atomic E-state index is 0.0356. The maximum atomic E-state index is 11.8. The molecule has 0 aliphatic heterocycles. The van der Waals surface area contributed by atoms with Crippen molar-refractivity contribution in [1.82, 2.24) is 4.73 Å². The summed E-state index contributed by atoms with van der Waals surface area (Å²) in [5, 5.41) is 20.3. The molecule has 0 amide bonds. The van der Waals surface area contributed by atoms with Gasteiger partial charge < -0.3 is 14.9 Å². The number of hydrogen-bond donors (Lipinski definition) is 2. The monoisotopic (exact) mass is 341 g/mol. The second-order valence-electron chi connectivity index (χ2n) is 5.56. The van der Waals surface area contributed by atoms with E-state index in [9.17, 15) is 23.4 Å². The van der Waals surface area contributed by atoms with Gasteiger partial charge in [0.25, 0.3) is 0 Å². The van der Waals surface area contributed by atoms with Crippen molar-refractivity contribution in [1.29, 1.82) is 0 Å². The average Bonchev–Trinajstić information content (AvgIpc) is 3.14. The Morgan fingerprint density at radius 2 is 1.83 bits per heavy atom. The number of allylic oxidation sites excluding steroid dienone is 2. The lowest BCUT2D eigenvalue weighted by atomic mass is 10.0. The number of carbonyl (C=O) groups excluding carboxylic acids is 1. The maximum absolute atomic E-state index is 11.8. The van der Waals surface area contributed by atoms with Crippen LogP contribution in [0.5, 0.6) is 11.8 Å². The molecule has 3 rings (SSSR count). The van der Waals surface area contributed by atoms with Crippen LogP contribution in [-0.4, -0.2) is 35.3 Å². The molecule has 0 spiro atoms. The molecular formula is C14H15NO7S. The van der Waals surface area contributed by atoms with Crippen molar-refractivity contribution in [3.8, 4) is 11.8 Å². The lowest BCUT2D eigenvalue weighted by Crippen LogP contribution is -2.25. The summed E-state index contributed by atoms with van der Waals surface area (Å²) in [6.45, 7) is 4.69. The molecule has 0 saturated heterocycles. The third kappa shape index (κ3) is 2.46. The summed E-state index contributed by atoms with van der Waals surface area (Å²) in [4.78, 5) is 11.2. The van der Waals surface area contributed by atoms with Gasteiger partial charge in [-0.1, -0.05) is 23.5 Å². The molecule has 8 nitrogen and oxygen atoms in total. The topological polar surface area (TPSA) is 115 Å². The van der Waals surface area contributed by atoms with Gasteiger partial charge in [-0.3, -0.25) is 4.28 Å². The molecule has 0 radical (unpaired) electrons. The van der Waals surface area contributed by atoms with Crippen molar-refractivity contribution in [2.75, 3.05) is 5.94 Å². The number of fused-ring (bicyclic) bond motifs is 5. The summed E-state index contributed by atoms with van der Waals surface area (Å²) in [7, 11) is -4.37. The van der Waals surface area contributed by atoms with E-state index in [4.69, 9.17) is 0 Å². The highest BCUT2D eigenvalue weighted by atomic mass is 32.2. The predicted octanol–water partition coefficient (Wildman–Crippen LogP) is 0.875. The van der Waals surface area contributed by atoms with Gasteiger partial charge in [0.15, 0.2) is 0 Å². The van der Waals surface area contributed by atoms with Crippen molar-refractivity contribution in [2.24, 2.45) is 0 Å². The lowest BCUT2D eigenvalue weighted by Gasteiger charge is -2.11. The summed E-state index contributed by atoms with van der Waals surface area (Å²) in [5.74, 6) is -3.04. The highest BCUT2D eigenvalue weighted by Crippen LogP contribution is 2.56. The van der Waals surface area contributed by atoms with Crippen molar-refractivity contribution >= 4 is 16.1 Å². The second-order valence-corrected chi connectivity index (χ2v) is 7.06. The summed E-state index contributed by atoms with van der Waals surface area (Å²) in [5.41, 5.74) is 0.960. The molecule has 23 heavy (non-hydrogen) atoms. The van der Waals surface area contributed by atoms with Crippen LogP contribution in [0.25, 0.3) is 0 Å². The quantitative estimate of drug-likeness (QED) is 0.464. The predicted molar refractivity (Wildman–Crippen MR) is 78.3 cm³/mol. The molecule has 0 aromatic carbocycles. The van der Waals surface area contributed by atoms with Gasteiger partial charge in [0.05, 0.1) is 0 Å². The molecular weight excluding hydrogens is 326 g/mol. The van der Waals surface area contributed by atoms with Crippen LogP contribution < -0.4 is 4.28 Å². The Hall–Kier alpha value is -2.42. The average molecular weight is 341 g/mol. The van der Waals surface area contributed by atoms with E-state index in [0.717, 1.165) is 6.42 Å². The molecule has 1 aromatic heterocycles. The van der Waals surface area contributed by atoms with E-state index >= 15 is 0 Å². The van der Waals surface area contributed by atoms with E-state index in [1.165, 1.54) is 6.92 Å². The fraction of sp³-hybridized carbons (Fsp3) is 0.357. The molecule has 2 N–H and O–H groups in total. The van der Waals surface area contributed by atoms with Crippen LogP contribution in [0.3, 0.4) is 0 Å².